The van der Waals surface area contributed by atoms with Crippen molar-refractivity contribution in [2.24, 2.45) is 0 Å². The minimum atomic E-state index is -0.155. The summed E-state index contributed by atoms with van der Waals surface area (Å²) in [6.45, 7) is 3.35. The van der Waals surface area contributed by atoms with Crippen molar-refractivity contribution in [1.82, 2.24) is 5.32 Å². The van der Waals surface area contributed by atoms with E-state index in [2.05, 4.69) is 5.32 Å². The Labute approximate surface area is 99.2 Å². The minimum absolute atomic E-state index is 0.0116. The van der Waals surface area contributed by atoms with Crippen molar-refractivity contribution in [3.63, 3.8) is 0 Å². The van der Waals surface area contributed by atoms with Gasteiger partial charge in [-0.15, -0.1) is 0 Å². The Morgan fingerprint density at radius 3 is 2.88 bits per heavy atom. The molecule has 0 aliphatic heterocycles. The molecular formula is C13H15NO3. The standard InChI is InChI=1S/C13H15NO3/c1-8(14-9(2)16)13-6-11-5-10(7-15)3-4-12(11)17-13/h3-6,8,15H,7H2,1-2H3,(H,14,16). The van der Waals surface area contributed by atoms with E-state index >= 15 is 0 Å². The van der Waals surface area contributed by atoms with Gasteiger partial charge in [-0.1, -0.05) is 6.07 Å². The van der Waals surface area contributed by atoms with Gasteiger partial charge in [0.2, 0.25) is 5.91 Å². The lowest BCUT2D eigenvalue weighted by molar-refractivity contribution is -0.119. The zero-order valence-corrected chi connectivity index (χ0v) is 9.86. The molecule has 0 spiro atoms. The fourth-order valence-corrected chi connectivity index (χ4v) is 1.80. The molecule has 0 aliphatic carbocycles. The first kappa shape index (κ1) is 11.7. The molecular weight excluding hydrogens is 218 g/mol. The predicted octanol–water partition coefficient (Wildman–Crippen LogP) is 2.12. The number of carbonyl (C=O) groups excluding carboxylic acids is 1. The Morgan fingerprint density at radius 1 is 1.47 bits per heavy atom. The van der Waals surface area contributed by atoms with E-state index < -0.39 is 0 Å². The lowest BCUT2D eigenvalue weighted by Gasteiger charge is -2.08. The molecule has 0 radical (unpaired) electrons. The molecule has 2 aromatic rings. The van der Waals surface area contributed by atoms with Crippen LogP contribution < -0.4 is 5.32 Å². The highest BCUT2D eigenvalue weighted by atomic mass is 16.3. The monoisotopic (exact) mass is 233 g/mol. The number of fused-ring (bicyclic) bond motifs is 1. The van der Waals surface area contributed by atoms with Gasteiger partial charge in [0.05, 0.1) is 12.6 Å². The maximum Gasteiger partial charge on any atom is 0.217 e. The molecule has 1 aromatic heterocycles. The molecule has 0 saturated carbocycles. The van der Waals surface area contributed by atoms with Gasteiger partial charge in [0.1, 0.15) is 11.3 Å². The van der Waals surface area contributed by atoms with Crippen molar-refractivity contribution in [3.05, 3.63) is 35.6 Å². The molecule has 2 N–H and O–H groups in total. The smallest absolute Gasteiger partial charge is 0.217 e. The zero-order chi connectivity index (χ0) is 12.4. The van der Waals surface area contributed by atoms with E-state index in [1.165, 1.54) is 6.92 Å². The molecule has 1 aromatic carbocycles. The second-order valence-corrected chi connectivity index (χ2v) is 4.10. The molecule has 1 amide bonds. The van der Waals surface area contributed by atoms with E-state index in [1.807, 2.05) is 31.2 Å². The summed E-state index contributed by atoms with van der Waals surface area (Å²) in [6, 6.07) is 7.25. The van der Waals surface area contributed by atoms with E-state index in [0.29, 0.717) is 5.76 Å². The maximum atomic E-state index is 11.0. The number of benzene rings is 1. The van der Waals surface area contributed by atoms with Crippen LogP contribution in [0.15, 0.2) is 28.7 Å². The van der Waals surface area contributed by atoms with Crippen LogP contribution in [0.25, 0.3) is 11.0 Å². The van der Waals surface area contributed by atoms with Crippen LogP contribution in [-0.4, -0.2) is 11.0 Å². The first-order valence-electron chi connectivity index (χ1n) is 5.50. The van der Waals surface area contributed by atoms with Crippen LogP contribution >= 0.6 is 0 Å². The summed E-state index contributed by atoms with van der Waals surface area (Å²) in [5.74, 6) is 0.624. The average molecular weight is 233 g/mol. The first-order valence-corrected chi connectivity index (χ1v) is 5.50. The van der Waals surface area contributed by atoms with Crippen LogP contribution in [0.2, 0.25) is 0 Å². The SMILES string of the molecule is CC(=O)NC(C)c1cc2cc(CO)ccc2o1. The Morgan fingerprint density at radius 2 is 2.24 bits per heavy atom. The highest BCUT2D eigenvalue weighted by molar-refractivity contribution is 5.79. The molecule has 1 unspecified atom stereocenters. The number of nitrogens with one attached hydrogen (secondary N) is 1. The van der Waals surface area contributed by atoms with Gasteiger partial charge in [0.15, 0.2) is 0 Å². The van der Waals surface area contributed by atoms with Crippen molar-refractivity contribution in [2.45, 2.75) is 26.5 Å². The highest BCUT2D eigenvalue weighted by Gasteiger charge is 2.12. The number of furan rings is 1. The predicted molar refractivity (Wildman–Crippen MR) is 64.4 cm³/mol. The molecule has 1 heterocycles. The molecule has 4 nitrogen and oxygen atoms in total. The van der Waals surface area contributed by atoms with E-state index in [0.717, 1.165) is 16.5 Å². The van der Waals surface area contributed by atoms with Crippen LogP contribution in [0.4, 0.5) is 0 Å². The Balaban J connectivity index is 2.33. The average Bonchev–Trinajstić information content (AvgIpc) is 2.70. The third-order valence-electron chi connectivity index (χ3n) is 2.63. The molecule has 17 heavy (non-hydrogen) atoms. The van der Waals surface area contributed by atoms with Gasteiger partial charge >= 0.3 is 0 Å². The number of amides is 1. The van der Waals surface area contributed by atoms with Gasteiger partial charge < -0.3 is 14.8 Å². The lowest BCUT2D eigenvalue weighted by Crippen LogP contribution is -2.23. The van der Waals surface area contributed by atoms with E-state index in [1.54, 1.807) is 0 Å². The molecule has 1 atom stereocenters. The normalized spacial score (nSPS) is 12.6. The molecule has 4 heteroatoms. The largest absolute Gasteiger partial charge is 0.459 e. The molecule has 0 saturated heterocycles. The number of rotatable bonds is 3. The number of carbonyl (C=O) groups is 1. The van der Waals surface area contributed by atoms with E-state index in [-0.39, 0.29) is 18.6 Å². The van der Waals surface area contributed by atoms with Crippen molar-refractivity contribution in [3.8, 4) is 0 Å². The fraction of sp³-hybridized carbons (Fsp3) is 0.308. The van der Waals surface area contributed by atoms with Crippen LogP contribution in [-0.2, 0) is 11.4 Å². The van der Waals surface area contributed by atoms with E-state index in [9.17, 15) is 4.79 Å². The quantitative estimate of drug-likeness (QED) is 0.853. The Hall–Kier alpha value is -1.81. The van der Waals surface area contributed by atoms with Crippen LogP contribution in [0, 0.1) is 0 Å². The number of hydrogen-bond donors (Lipinski definition) is 2. The van der Waals surface area contributed by atoms with Crippen molar-refractivity contribution in [2.75, 3.05) is 0 Å². The summed E-state index contributed by atoms with van der Waals surface area (Å²) < 4.78 is 5.63. The lowest BCUT2D eigenvalue weighted by atomic mass is 10.1. The third-order valence-corrected chi connectivity index (χ3v) is 2.63. The summed E-state index contributed by atoms with van der Waals surface area (Å²) in [5, 5.41) is 12.7. The van der Waals surface area contributed by atoms with Gasteiger partial charge in [0, 0.05) is 12.3 Å². The van der Waals surface area contributed by atoms with Gasteiger partial charge in [-0.3, -0.25) is 4.79 Å². The third kappa shape index (κ3) is 2.47. The zero-order valence-electron chi connectivity index (χ0n) is 9.86. The molecule has 0 bridgehead atoms. The van der Waals surface area contributed by atoms with Gasteiger partial charge in [-0.2, -0.15) is 0 Å². The van der Waals surface area contributed by atoms with Crippen molar-refractivity contribution >= 4 is 16.9 Å². The number of aliphatic hydroxyl groups excluding tert-OH is 1. The van der Waals surface area contributed by atoms with Gasteiger partial charge in [0.25, 0.3) is 0 Å². The summed E-state index contributed by atoms with van der Waals surface area (Å²) in [5.41, 5.74) is 1.60. The topological polar surface area (TPSA) is 62.5 Å². The molecule has 0 fully saturated rings. The van der Waals surface area contributed by atoms with Crippen molar-refractivity contribution in [1.29, 1.82) is 0 Å². The fourth-order valence-electron chi connectivity index (χ4n) is 1.80. The summed E-state index contributed by atoms with van der Waals surface area (Å²) in [7, 11) is 0. The highest BCUT2D eigenvalue weighted by Crippen LogP contribution is 2.24. The first-order chi connectivity index (χ1) is 8.10. The summed E-state index contributed by atoms with van der Waals surface area (Å²) in [4.78, 5) is 11.0. The van der Waals surface area contributed by atoms with Gasteiger partial charge in [-0.25, -0.2) is 0 Å². The summed E-state index contributed by atoms with van der Waals surface area (Å²) in [6.07, 6.45) is 0. The maximum absolute atomic E-state index is 11.0. The van der Waals surface area contributed by atoms with Crippen LogP contribution in [0.3, 0.4) is 0 Å². The summed E-state index contributed by atoms with van der Waals surface area (Å²) >= 11 is 0. The number of hydrogen-bond acceptors (Lipinski definition) is 3. The molecule has 2 rings (SSSR count). The number of aliphatic hydroxyl groups is 1. The Kier molecular flexibility index (Phi) is 3.15. The molecule has 0 aliphatic rings. The minimum Gasteiger partial charge on any atom is -0.459 e. The van der Waals surface area contributed by atoms with Gasteiger partial charge in [-0.05, 0) is 30.7 Å². The van der Waals surface area contributed by atoms with Crippen LogP contribution in [0.5, 0.6) is 0 Å². The second-order valence-electron chi connectivity index (χ2n) is 4.10. The second kappa shape index (κ2) is 4.59. The van der Waals surface area contributed by atoms with E-state index in [4.69, 9.17) is 9.52 Å². The van der Waals surface area contributed by atoms with Crippen molar-refractivity contribution < 1.29 is 14.3 Å². The Bertz CT molecular complexity index is 545. The van der Waals surface area contributed by atoms with Crippen LogP contribution in [0.1, 0.15) is 31.2 Å². The molecule has 90 valence electrons.